The van der Waals surface area contributed by atoms with Gasteiger partial charge in [-0.05, 0) is 55.7 Å². The van der Waals surface area contributed by atoms with E-state index >= 15 is 0 Å². The number of nitrogens with one attached hydrogen (secondary N) is 1. The number of hydrogen-bond acceptors (Lipinski definition) is 2. The third kappa shape index (κ3) is 4.47. The van der Waals surface area contributed by atoms with Crippen LogP contribution in [0.1, 0.15) is 58.4 Å². The fourth-order valence-corrected chi connectivity index (χ4v) is 3.53. The number of benzene rings is 1. The van der Waals surface area contributed by atoms with E-state index in [4.69, 9.17) is 4.74 Å². The highest BCUT2D eigenvalue weighted by Crippen LogP contribution is 2.43. The van der Waals surface area contributed by atoms with Crippen molar-refractivity contribution in [1.82, 2.24) is 5.32 Å². The van der Waals surface area contributed by atoms with Crippen molar-refractivity contribution in [3.05, 3.63) is 29.8 Å². The summed E-state index contributed by atoms with van der Waals surface area (Å²) in [4.78, 5) is 0. The molecule has 2 nitrogen and oxygen atoms in total. The first-order chi connectivity index (χ1) is 10.1. The fraction of sp³-hybridized carbons (Fsp3) is 0.684. The van der Waals surface area contributed by atoms with Crippen LogP contribution in [-0.2, 0) is 0 Å². The summed E-state index contributed by atoms with van der Waals surface area (Å²) >= 11 is 0. The number of ether oxygens (including phenoxy) is 1. The number of rotatable bonds is 6. The molecule has 2 heteroatoms. The summed E-state index contributed by atoms with van der Waals surface area (Å²) in [5, 5.41) is 3.64. The van der Waals surface area contributed by atoms with Crippen molar-refractivity contribution in [2.75, 3.05) is 13.2 Å². The third-order valence-electron chi connectivity index (χ3n) is 4.66. The molecular weight excluding hydrogens is 258 g/mol. The largest absolute Gasteiger partial charge is 0.494 e. The van der Waals surface area contributed by atoms with E-state index in [2.05, 4.69) is 57.3 Å². The second-order valence-electron chi connectivity index (χ2n) is 6.82. The molecule has 1 N–H and O–H groups in total. The van der Waals surface area contributed by atoms with Gasteiger partial charge in [-0.15, -0.1) is 0 Å². The van der Waals surface area contributed by atoms with Crippen molar-refractivity contribution < 1.29 is 4.74 Å². The van der Waals surface area contributed by atoms with E-state index < -0.39 is 0 Å². The first kappa shape index (κ1) is 16.4. The van der Waals surface area contributed by atoms with Gasteiger partial charge < -0.3 is 10.1 Å². The van der Waals surface area contributed by atoms with Crippen LogP contribution in [0.2, 0.25) is 0 Å². The van der Waals surface area contributed by atoms with Crippen molar-refractivity contribution in [3.63, 3.8) is 0 Å². The van der Waals surface area contributed by atoms with Gasteiger partial charge >= 0.3 is 0 Å². The van der Waals surface area contributed by atoms with Crippen LogP contribution in [0.3, 0.4) is 0 Å². The van der Waals surface area contributed by atoms with Gasteiger partial charge in [-0.25, -0.2) is 0 Å². The zero-order chi connectivity index (χ0) is 15.2. The molecule has 0 amide bonds. The van der Waals surface area contributed by atoms with Crippen molar-refractivity contribution in [3.8, 4) is 5.75 Å². The highest BCUT2D eigenvalue weighted by Gasteiger charge is 2.31. The van der Waals surface area contributed by atoms with Gasteiger partial charge in [-0.2, -0.15) is 0 Å². The van der Waals surface area contributed by atoms with Gasteiger partial charge in [-0.1, -0.05) is 45.4 Å². The Bertz CT molecular complexity index is 429. The second kappa shape index (κ2) is 7.84. The molecule has 1 aliphatic carbocycles. The molecule has 3 unspecified atom stereocenters. The summed E-state index contributed by atoms with van der Waals surface area (Å²) in [6.07, 6.45) is 3.97. The van der Waals surface area contributed by atoms with Crippen LogP contribution in [0.15, 0.2) is 24.3 Å². The molecule has 0 spiro atoms. The zero-order valence-corrected chi connectivity index (χ0v) is 14.1. The molecule has 3 atom stereocenters. The van der Waals surface area contributed by atoms with Crippen LogP contribution in [0.4, 0.5) is 0 Å². The van der Waals surface area contributed by atoms with Crippen molar-refractivity contribution in [1.29, 1.82) is 0 Å². The van der Waals surface area contributed by atoms with Gasteiger partial charge in [0.25, 0.3) is 0 Å². The summed E-state index contributed by atoms with van der Waals surface area (Å²) in [5.41, 5.74) is 1.42. The molecule has 118 valence electrons. The Morgan fingerprint density at radius 3 is 2.71 bits per heavy atom. The van der Waals surface area contributed by atoms with Gasteiger partial charge in [0.1, 0.15) is 5.75 Å². The lowest BCUT2D eigenvalue weighted by molar-refractivity contribution is 0.231. The Morgan fingerprint density at radius 1 is 1.24 bits per heavy atom. The SMILES string of the molecule is CCOc1ccccc1C1CC(C)CCC1CNC(C)C. The molecule has 1 aromatic carbocycles. The van der Waals surface area contributed by atoms with E-state index in [-0.39, 0.29) is 0 Å². The average molecular weight is 289 g/mol. The third-order valence-corrected chi connectivity index (χ3v) is 4.66. The zero-order valence-electron chi connectivity index (χ0n) is 14.1. The molecule has 0 aromatic heterocycles. The lowest BCUT2D eigenvalue weighted by Crippen LogP contribution is -2.34. The Balaban J connectivity index is 2.19. The quantitative estimate of drug-likeness (QED) is 0.826. The maximum atomic E-state index is 5.88. The fourth-order valence-electron chi connectivity index (χ4n) is 3.53. The minimum absolute atomic E-state index is 0.562. The first-order valence-electron chi connectivity index (χ1n) is 8.56. The van der Waals surface area contributed by atoms with Gasteiger partial charge in [0, 0.05) is 6.04 Å². The molecule has 1 fully saturated rings. The van der Waals surface area contributed by atoms with E-state index in [1.165, 1.54) is 24.8 Å². The second-order valence-corrected chi connectivity index (χ2v) is 6.82. The van der Waals surface area contributed by atoms with Crippen LogP contribution in [0.25, 0.3) is 0 Å². The summed E-state index contributed by atoms with van der Waals surface area (Å²) in [6, 6.07) is 9.21. The maximum Gasteiger partial charge on any atom is 0.122 e. The van der Waals surface area contributed by atoms with Crippen molar-refractivity contribution in [2.45, 2.75) is 58.9 Å². The molecule has 1 aromatic rings. The van der Waals surface area contributed by atoms with Crippen LogP contribution in [0.5, 0.6) is 5.75 Å². The molecule has 21 heavy (non-hydrogen) atoms. The van der Waals surface area contributed by atoms with E-state index in [0.29, 0.717) is 12.0 Å². The van der Waals surface area contributed by atoms with Crippen molar-refractivity contribution >= 4 is 0 Å². The summed E-state index contributed by atoms with van der Waals surface area (Å²) < 4.78 is 5.88. The van der Waals surface area contributed by atoms with Crippen LogP contribution < -0.4 is 10.1 Å². The van der Waals surface area contributed by atoms with Gasteiger partial charge in [0.2, 0.25) is 0 Å². The highest BCUT2D eigenvalue weighted by molar-refractivity contribution is 5.37. The van der Waals surface area contributed by atoms with Crippen LogP contribution >= 0.6 is 0 Å². The van der Waals surface area contributed by atoms with Gasteiger partial charge in [0.15, 0.2) is 0 Å². The van der Waals surface area contributed by atoms with Crippen molar-refractivity contribution in [2.24, 2.45) is 11.8 Å². The number of hydrogen-bond donors (Lipinski definition) is 1. The molecule has 1 saturated carbocycles. The van der Waals surface area contributed by atoms with E-state index in [1.807, 2.05) is 0 Å². The minimum Gasteiger partial charge on any atom is -0.494 e. The molecule has 0 bridgehead atoms. The smallest absolute Gasteiger partial charge is 0.122 e. The number of para-hydroxylation sites is 1. The normalized spacial score (nSPS) is 26.0. The highest BCUT2D eigenvalue weighted by atomic mass is 16.5. The molecule has 0 aliphatic heterocycles. The molecule has 1 aliphatic rings. The molecule has 0 saturated heterocycles. The Morgan fingerprint density at radius 2 is 2.00 bits per heavy atom. The standard InChI is InChI=1S/C19H31NO/c1-5-21-19-9-7-6-8-17(19)18-12-15(4)10-11-16(18)13-20-14(2)3/h6-9,14-16,18,20H,5,10-13H2,1-4H3. The first-order valence-corrected chi connectivity index (χ1v) is 8.56. The van der Waals surface area contributed by atoms with E-state index in [0.717, 1.165) is 30.7 Å². The van der Waals surface area contributed by atoms with E-state index in [9.17, 15) is 0 Å². The van der Waals surface area contributed by atoms with Gasteiger partial charge in [0.05, 0.1) is 6.61 Å². The summed E-state index contributed by atoms with van der Waals surface area (Å²) in [7, 11) is 0. The Kier molecular flexibility index (Phi) is 6.10. The average Bonchev–Trinajstić information content (AvgIpc) is 2.47. The topological polar surface area (TPSA) is 21.3 Å². The van der Waals surface area contributed by atoms with E-state index in [1.54, 1.807) is 0 Å². The Hall–Kier alpha value is -1.02. The summed E-state index contributed by atoms with van der Waals surface area (Å²) in [6.45, 7) is 10.8. The predicted molar refractivity (Wildman–Crippen MR) is 90.0 cm³/mol. The van der Waals surface area contributed by atoms with Crippen LogP contribution in [0, 0.1) is 11.8 Å². The molecular formula is C19H31NO. The van der Waals surface area contributed by atoms with Gasteiger partial charge in [-0.3, -0.25) is 0 Å². The lowest BCUT2D eigenvalue weighted by atomic mass is 9.71. The lowest BCUT2D eigenvalue weighted by Gasteiger charge is -2.36. The molecule has 0 heterocycles. The van der Waals surface area contributed by atoms with Crippen LogP contribution in [-0.4, -0.2) is 19.2 Å². The Labute approximate surface area is 130 Å². The maximum absolute atomic E-state index is 5.88. The molecule has 0 radical (unpaired) electrons. The monoisotopic (exact) mass is 289 g/mol. The summed E-state index contributed by atoms with van der Waals surface area (Å²) in [5.74, 6) is 3.27. The minimum atomic E-state index is 0.562. The predicted octanol–water partition coefficient (Wildman–Crippen LogP) is 4.60. The molecule has 2 rings (SSSR count).